The summed E-state index contributed by atoms with van der Waals surface area (Å²) in [4.78, 5) is 14.2. The highest BCUT2D eigenvalue weighted by Crippen LogP contribution is 2.19. The summed E-state index contributed by atoms with van der Waals surface area (Å²) < 4.78 is 0. The first-order valence-electron chi connectivity index (χ1n) is 5.96. The Labute approximate surface area is 97.3 Å². The minimum atomic E-state index is 0.207. The molecule has 2 heteroatoms. The third-order valence-electron chi connectivity index (χ3n) is 3.46. The van der Waals surface area contributed by atoms with Crippen molar-refractivity contribution in [2.24, 2.45) is 0 Å². The summed E-state index contributed by atoms with van der Waals surface area (Å²) in [5.41, 5.74) is 4.44. The zero-order valence-corrected chi connectivity index (χ0v) is 10.3. The fraction of sp³-hybridized carbons (Fsp3) is 0.500. The zero-order valence-electron chi connectivity index (χ0n) is 10.3. The molecule has 0 spiro atoms. The van der Waals surface area contributed by atoms with Crippen LogP contribution in [0, 0.1) is 20.8 Å². The van der Waals surface area contributed by atoms with Crippen LogP contribution in [-0.2, 0) is 0 Å². The molecule has 0 bridgehead atoms. The van der Waals surface area contributed by atoms with Crippen molar-refractivity contribution in [1.82, 2.24) is 4.90 Å². The van der Waals surface area contributed by atoms with Gasteiger partial charge in [-0.05, 0) is 56.4 Å². The van der Waals surface area contributed by atoms with Crippen LogP contribution >= 0.6 is 0 Å². The number of hydrogen-bond acceptors (Lipinski definition) is 1. The van der Waals surface area contributed by atoms with E-state index in [0.717, 1.165) is 37.1 Å². The average Bonchev–Trinajstić information content (AvgIpc) is 2.75. The lowest BCUT2D eigenvalue weighted by Gasteiger charge is -2.17. The second-order valence-electron chi connectivity index (χ2n) is 4.75. The van der Waals surface area contributed by atoms with Crippen molar-refractivity contribution in [3.8, 4) is 0 Å². The van der Waals surface area contributed by atoms with E-state index in [1.807, 2.05) is 17.9 Å². The van der Waals surface area contributed by atoms with Crippen molar-refractivity contribution in [3.63, 3.8) is 0 Å². The van der Waals surface area contributed by atoms with Gasteiger partial charge in [0, 0.05) is 18.7 Å². The standard InChI is InChI=1S/C14H19NO/c1-10-8-12(3)13(9-11(10)2)14(16)15-6-4-5-7-15/h8-9H,4-7H2,1-3H3. The van der Waals surface area contributed by atoms with E-state index in [0.29, 0.717) is 0 Å². The van der Waals surface area contributed by atoms with Crippen LogP contribution in [-0.4, -0.2) is 23.9 Å². The minimum Gasteiger partial charge on any atom is -0.339 e. The van der Waals surface area contributed by atoms with E-state index >= 15 is 0 Å². The Kier molecular flexibility index (Phi) is 2.99. The second kappa shape index (κ2) is 4.28. The number of carbonyl (C=O) groups is 1. The SMILES string of the molecule is Cc1cc(C)c(C(=O)N2CCCC2)cc1C. The van der Waals surface area contributed by atoms with Crippen LogP contribution in [0.4, 0.5) is 0 Å². The van der Waals surface area contributed by atoms with Gasteiger partial charge in [-0.1, -0.05) is 6.07 Å². The van der Waals surface area contributed by atoms with Crippen molar-refractivity contribution in [2.45, 2.75) is 33.6 Å². The van der Waals surface area contributed by atoms with Crippen LogP contribution in [0.25, 0.3) is 0 Å². The predicted octanol–water partition coefficient (Wildman–Crippen LogP) is 2.85. The molecule has 0 radical (unpaired) electrons. The Morgan fingerprint density at radius 2 is 1.56 bits per heavy atom. The number of aryl methyl sites for hydroxylation is 3. The smallest absolute Gasteiger partial charge is 0.254 e. The first-order chi connectivity index (χ1) is 7.59. The van der Waals surface area contributed by atoms with Crippen LogP contribution in [0.1, 0.15) is 39.9 Å². The summed E-state index contributed by atoms with van der Waals surface area (Å²) in [7, 11) is 0. The molecule has 0 aliphatic carbocycles. The minimum absolute atomic E-state index is 0.207. The maximum absolute atomic E-state index is 12.3. The Morgan fingerprint density at radius 1 is 1.00 bits per heavy atom. The molecule has 0 atom stereocenters. The van der Waals surface area contributed by atoms with Crippen LogP contribution in [0.15, 0.2) is 12.1 Å². The van der Waals surface area contributed by atoms with Gasteiger partial charge in [-0.3, -0.25) is 4.79 Å². The van der Waals surface area contributed by atoms with Gasteiger partial charge in [0.2, 0.25) is 0 Å². The molecule has 1 aromatic rings. The summed E-state index contributed by atoms with van der Waals surface area (Å²) in [6, 6.07) is 4.14. The van der Waals surface area contributed by atoms with Gasteiger partial charge in [-0.25, -0.2) is 0 Å². The molecule has 2 rings (SSSR count). The van der Waals surface area contributed by atoms with Gasteiger partial charge in [-0.15, -0.1) is 0 Å². The number of carbonyl (C=O) groups excluding carboxylic acids is 1. The summed E-state index contributed by atoms with van der Waals surface area (Å²) in [6.45, 7) is 8.02. The van der Waals surface area contributed by atoms with Crippen molar-refractivity contribution in [2.75, 3.05) is 13.1 Å². The number of hydrogen-bond donors (Lipinski definition) is 0. The Bertz CT molecular complexity index is 417. The van der Waals surface area contributed by atoms with Crippen molar-refractivity contribution in [1.29, 1.82) is 0 Å². The Balaban J connectivity index is 2.32. The van der Waals surface area contributed by atoms with Gasteiger partial charge < -0.3 is 4.90 Å². The summed E-state index contributed by atoms with van der Waals surface area (Å²) in [5.74, 6) is 0.207. The van der Waals surface area contributed by atoms with Gasteiger partial charge in [0.25, 0.3) is 5.91 Å². The molecule has 1 aliphatic rings. The topological polar surface area (TPSA) is 20.3 Å². The molecule has 86 valence electrons. The van der Waals surface area contributed by atoms with E-state index in [9.17, 15) is 4.79 Å². The molecule has 0 aromatic heterocycles. The van der Waals surface area contributed by atoms with Crippen molar-refractivity contribution >= 4 is 5.91 Å². The van der Waals surface area contributed by atoms with Gasteiger partial charge in [0.1, 0.15) is 0 Å². The molecule has 1 heterocycles. The first kappa shape index (κ1) is 11.2. The number of nitrogens with zero attached hydrogens (tertiary/aromatic N) is 1. The van der Waals surface area contributed by atoms with Crippen LogP contribution in [0.2, 0.25) is 0 Å². The molecule has 2 nitrogen and oxygen atoms in total. The van der Waals surface area contributed by atoms with Gasteiger partial charge >= 0.3 is 0 Å². The van der Waals surface area contributed by atoms with Crippen molar-refractivity contribution < 1.29 is 4.79 Å². The fourth-order valence-electron chi connectivity index (χ4n) is 2.28. The van der Waals surface area contributed by atoms with E-state index in [1.165, 1.54) is 11.1 Å². The molecule has 1 aliphatic heterocycles. The predicted molar refractivity (Wildman–Crippen MR) is 65.8 cm³/mol. The number of amides is 1. The van der Waals surface area contributed by atoms with E-state index in [2.05, 4.69) is 19.9 Å². The molecule has 0 N–H and O–H groups in total. The maximum atomic E-state index is 12.3. The van der Waals surface area contributed by atoms with Crippen LogP contribution in [0.3, 0.4) is 0 Å². The quantitative estimate of drug-likeness (QED) is 0.708. The third-order valence-corrected chi connectivity index (χ3v) is 3.46. The number of rotatable bonds is 1. The third kappa shape index (κ3) is 1.97. The summed E-state index contributed by atoms with van der Waals surface area (Å²) in [6.07, 6.45) is 2.30. The second-order valence-corrected chi connectivity index (χ2v) is 4.75. The molecule has 0 unspecified atom stereocenters. The molecule has 1 amide bonds. The fourth-order valence-corrected chi connectivity index (χ4v) is 2.28. The largest absolute Gasteiger partial charge is 0.339 e. The van der Waals surface area contributed by atoms with E-state index in [1.54, 1.807) is 0 Å². The van der Waals surface area contributed by atoms with Crippen molar-refractivity contribution in [3.05, 3.63) is 34.4 Å². The Hall–Kier alpha value is -1.31. The summed E-state index contributed by atoms with van der Waals surface area (Å²) in [5, 5.41) is 0. The first-order valence-corrected chi connectivity index (χ1v) is 5.96. The van der Waals surface area contributed by atoms with Crippen LogP contribution in [0.5, 0.6) is 0 Å². The summed E-state index contributed by atoms with van der Waals surface area (Å²) >= 11 is 0. The van der Waals surface area contributed by atoms with E-state index in [-0.39, 0.29) is 5.91 Å². The highest BCUT2D eigenvalue weighted by molar-refractivity contribution is 5.96. The lowest BCUT2D eigenvalue weighted by atomic mass is 10.00. The molecule has 0 saturated carbocycles. The molecule has 16 heavy (non-hydrogen) atoms. The van der Waals surface area contributed by atoms with Gasteiger partial charge in [-0.2, -0.15) is 0 Å². The zero-order chi connectivity index (χ0) is 11.7. The van der Waals surface area contributed by atoms with Gasteiger partial charge in [0.15, 0.2) is 0 Å². The Morgan fingerprint density at radius 3 is 2.19 bits per heavy atom. The van der Waals surface area contributed by atoms with E-state index in [4.69, 9.17) is 0 Å². The average molecular weight is 217 g/mol. The lowest BCUT2D eigenvalue weighted by molar-refractivity contribution is 0.0792. The van der Waals surface area contributed by atoms with Crippen LogP contribution < -0.4 is 0 Å². The molecule has 1 aromatic carbocycles. The molecular formula is C14H19NO. The maximum Gasteiger partial charge on any atom is 0.254 e. The highest BCUT2D eigenvalue weighted by Gasteiger charge is 2.21. The molecule has 1 fully saturated rings. The number of likely N-dealkylation sites (tertiary alicyclic amines) is 1. The highest BCUT2D eigenvalue weighted by atomic mass is 16.2. The van der Waals surface area contributed by atoms with E-state index < -0.39 is 0 Å². The molecular weight excluding hydrogens is 198 g/mol. The number of benzene rings is 1. The normalized spacial score (nSPS) is 15.6. The molecule has 1 saturated heterocycles. The lowest BCUT2D eigenvalue weighted by Crippen LogP contribution is -2.28. The monoisotopic (exact) mass is 217 g/mol. The van der Waals surface area contributed by atoms with Gasteiger partial charge in [0.05, 0.1) is 0 Å².